The molecule has 2 aromatic rings. The zero-order valence-corrected chi connectivity index (χ0v) is 11.1. The highest BCUT2D eigenvalue weighted by molar-refractivity contribution is 6.31. The second kappa shape index (κ2) is 4.94. The summed E-state index contributed by atoms with van der Waals surface area (Å²) in [5, 5.41) is 10.4. The molecule has 2 rings (SSSR count). The third-order valence-corrected chi connectivity index (χ3v) is 3.39. The molecule has 0 saturated heterocycles. The van der Waals surface area contributed by atoms with Crippen molar-refractivity contribution in [2.24, 2.45) is 0 Å². The number of pyridine rings is 1. The van der Waals surface area contributed by atoms with Crippen molar-refractivity contribution in [2.45, 2.75) is 26.7 Å². The van der Waals surface area contributed by atoms with E-state index in [1.54, 1.807) is 6.07 Å². The summed E-state index contributed by atoms with van der Waals surface area (Å²) in [4.78, 5) is 15.2. The van der Waals surface area contributed by atoms with Gasteiger partial charge in [-0.15, -0.1) is 0 Å². The van der Waals surface area contributed by atoms with Gasteiger partial charge < -0.3 is 5.11 Å². The summed E-state index contributed by atoms with van der Waals surface area (Å²) < 4.78 is 0. The molecule has 1 aromatic carbocycles. The first-order chi connectivity index (χ1) is 8.49. The number of aryl methyl sites for hydroxylation is 2. The number of carboxylic acid groups (broad SMARTS) is 1. The topological polar surface area (TPSA) is 50.2 Å². The molecule has 0 fully saturated rings. The Morgan fingerprint density at radius 3 is 2.78 bits per heavy atom. The molecule has 0 saturated carbocycles. The van der Waals surface area contributed by atoms with E-state index in [2.05, 4.69) is 4.98 Å². The van der Waals surface area contributed by atoms with Gasteiger partial charge in [0.2, 0.25) is 0 Å². The Morgan fingerprint density at radius 1 is 1.39 bits per heavy atom. The number of halogens is 1. The van der Waals surface area contributed by atoms with Gasteiger partial charge in [-0.25, -0.2) is 0 Å². The Balaban J connectivity index is 2.62. The van der Waals surface area contributed by atoms with Gasteiger partial charge in [0.1, 0.15) is 0 Å². The predicted molar refractivity (Wildman–Crippen MR) is 72.2 cm³/mol. The Bertz CT molecular complexity index is 623. The number of fused-ring (bicyclic) bond motifs is 1. The van der Waals surface area contributed by atoms with Crippen LogP contribution in [0.1, 0.15) is 23.2 Å². The second-order valence-corrected chi connectivity index (χ2v) is 4.79. The smallest absolute Gasteiger partial charge is 0.303 e. The lowest BCUT2D eigenvalue weighted by Gasteiger charge is -2.12. The number of carboxylic acids is 1. The minimum atomic E-state index is -0.793. The van der Waals surface area contributed by atoms with E-state index in [1.807, 2.05) is 26.0 Å². The summed E-state index contributed by atoms with van der Waals surface area (Å²) in [6.45, 7) is 3.91. The van der Waals surface area contributed by atoms with Gasteiger partial charge in [-0.2, -0.15) is 0 Å². The average Bonchev–Trinajstić information content (AvgIpc) is 2.30. The number of carbonyl (C=O) groups is 1. The minimum Gasteiger partial charge on any atom is -0.481 e. The molecule has 0 amide bonds. The van der Waals surface area contributed by atoms with Crippen molar-refractivity contribution >= 4 is 28.5 Å². The molecule has 3 nitrogen and oxygen atoms in total. The number of aliphatic carboxylic acids is 1. The Labute approximate surface area is 110 Å². The van der Waals surface area contributed by atoms with Crippen molar-refractivity contribution < 1.29 is 9.90 Å². The Hall–Kier alpha value is -1.61. The van der Waals surface area contributed by atoms with Crippen LogP contribution in [-0.4, -0.2) is 16.1 Å². The fourth-order valence-corrected chi connectivity index (χ4v) is 2.26. The number of hydrogen-bond donors (Lipinski definition) is 1. The van der Waals surface area contributed by atoms with Crippen LogP contribution in [0.5, 0.6) is 0 Å². The van der Waals surface area contributed by atoms with Gasteiger partial charge in [0.25, 0.3) is 0 Å². The zero-order valence-electron chi connectivity index (χ0n) is 10.3. The molecule has 0 aliphatic rings. The Kier molecular flexibility index (Phi) is 3.53. The van der Waals surface area contributed by atoms with E-state index < -0.39 is 5.97 Å². The van der Waals surface area contributed by atoms with Crippen LogP contribution in [0.4, 0.5) is 0 Å². The summed E-state index contributed by atoms with van der Waals surface area (Å²) in [5.74, 6) is -0.793. The van der Waals surface area contributed by atoms with E-state index in [1.165, 1.54) is 0 Å². The molecule has 0 radical (unpaired) electrons. The molecule has 0 aliphatic heterocycles. The van der Waals surface area contributed by atoms with Crippen molar-refractivity contribution in [2.75, 3.05) is 0 Å². The van der Waals surface area contributed by atoms with Gasteiger partial charge in [-0.1, -0.05) is 11.6 Å². The highest BCUT2D eigenvalue weighted by Gasteiger charge is 2.11. The van der Waals surface area contributed by atoms with E-state index in [4.69, 9.17) is 16.7 Å². The molecule has 0 aliphatic carbocycles. The molecule has 0 spiro atoms. The fraction of sp³-hybridized carbons (Fsp3) is 0.286. The average molecular weight is 264 g/mol. The third-order valence-electron chi connectivity index (χ3n) is 3.16. The highest BCUT2D eigenvalue weighted by atomic mass is 35.5. The van der Waals surface area contributed by atoms with Gasteiger partial charge in [-0.05, 0) is 49.6 Å². The number of benzene rings is 1. The van der Waals surface area contributed by atoms with Crippen LogP contribution >= 0.6 is 11.6 Å². The summed E-state index contributed by atoms with van der Waals surface area (Å²) >= 11 is 6.00. The van der Waals surface area contributed by atoms with Crippen LogP contribution in [-0.2, 0) is 11.2 Å². The lowest BCUT2D eigenvalue weighted by atomic mass is 9.98. The third kappa shape index (κ3) is 2.46. The first kappa shape index (κ1) is 12.8. The number of hydrogen-bond acceptors (Lipinski definition) is 2. The molecule has 1 aromatic heterocycles. The number of rotatable bonds is 3. The van der Waals surface area contributed by atoms with Crippen LogP contribution in [0, 0.1) is 13.8 Å². The molecule has 1 heterocycles. The molecular formula is C14H14ClNO2. The van der Waals surface area contributed by atoms with Crippen LogP contribution in [0.2, 0.25) is 5.02 Å². The quantitative estimate of drug-likeness (QED) is 0.922. The Morgan fingerprint density at radius 2 is 2.11 bits per heavy atom. The summed E-state index contributed by atoms with van der Waals surface area (Å²) in [5.41, 5.74) is 3.88. The second-order valence-electron chi connectivity index (χ2n) is 4.36. The number of aromatic nitrogens is 1. The molecule has 4 heteroatoms. The lowest BCUT2D eigenvalue weighted by Crippen LogP contribution is -2.02. The zero-order chi connectivity index (χ0) is 13.3. The summed E-state index contributed by atoms with van der Waals surface area (Å²) in [6.07, 6.45) is 0.618. The SMILES string of the molecule is Cc1nc2ccc(Cl)cc2c(CCC(=O)O)c1C. The normalized spacial score (nSPS) is 10.8. The van der Waals surface area contributed by atoms with Crippen LogP contribution < -0.4 is 0 Å². The first-order valence-corrected chi connectivity index (χ1v) is 6.14. The van der Waals surface area contributed by atoms with Crippen molar-refractivity contribution in [1.82, 2.24) is 4.98 Å². The maximum absolute atomic E-state index is 10.7. The maximum atomic E-state index is 10.7. The fourth-order valence-electron chi connectivity index (χ4n) is 2.09. The van der Waals surface area contributed by atoms with E-state index in [9.17, 15) is 4.79 Å². The standard InChI is InChI=1S/C14H14ClNO2/c1-8-9(2)16-13-5-3-10(15)7-12(13)11(8)4-6-14(17)18/h3,5,7H,4,6H2,1-2H3,(H,17,18). The van der Waals surface area contributed by atoms with Crippen LogP contribution in [0.25, 0.3) is 10.9 Å². The van der Waals surface area contributed by atoms with Crippen molar-refractivity contribution in [3.8, 4) is 0 Å². The molecular weight excluding hydrogens is 250 g/mol. The van der Waals surface area contributed by atoms with E-state index in [0.717, 1.165) is 27.7 Å². The van der Waals surface area contributed by atoms with E-state index in [-0.39, 0.29) is 6.42 Å². The van der Waals surface area contributed by atoms with Gasteiger partial charge in [-0.3, -0.25) is 9.78 Å². The molecule has 0 atom stereocenters. The lowest BCUT2D eigenvalue weighted by molar-refractivity contribution is -0.136. The summed E-state index contributed by atoms with van der Waals surface area (Å²) in [6, 6.07) is 5.52. The minimum absolute atomic E-state index is 0.117. The predicted octanol–water partition coefficient (Wildman–Crippen LogP) is 3.52. The van der Waals surface area contributed by atoms with Crippen molar-refractivity contribution in [3.63, 3.8) is 0 Å². The number of nitrogens with zero attached hydrogens (tertiary/aromatic N) is 1. The van der Waals surface area contributed by atoms with Gasteiger partial charge in [0.05, 0.1) is 5.52 Å². The maximum Gasteiger partial charge on any atom is 0.303 e. The molecule has 94 valence electrons. The van der Waals surface area contributed by atoms with E-state index in [0.29, 0.717) is 11.4 Å². The highest BCUT2D eigenvalue weighted by Crippen LogP contribution is 2.26. The van der Waals surface area contributed by atoms with E-state index >= 15 is 0 Å². The largest absolute Gasteiger partial charge is 0.481 e. The summed E-state index contributed by atoms with van der Waals surface area (Å²) in [7, 11) is 0. The van der Waals surface area contributed by atoms with Gasteiger partial charge in [0.15, 0.2) is 0 Å². The van der Waals surface area contributed by atoms with Gasteiger partial charge in [0, 0.05) is 22.5 Å². The molecule has 18 heavy (non-hydrogen) atoms. The van der Waals surface area contributed by atoms with Gasteiger partial charge >= 0.3 is 5.97 Å². The van der Waals surface area contributed by atoms with Crippen molar-refractivity contribution in [3.05, 3.63) is 40.0 Å². The van der Waals surface area contributed by atoms with Crippen LogP contribution in [0.3, 0.4) is 0 Å². The molecule has 0 bridgehead atoms. The molecule has 1 N–H and O–H groups in total. The molecule has 0 unspecified atom stereocenters. The first-order valence-electron chi connectivity index (χ1n) is 5.76. The van der Waals surface area contributed by atoms with Crippen molar-refractivity contribution in [1.29, 1.82) is 0 Å². The van der Waals surface area contributed by atoms with Crippen LogP contribution in [0.15, 0.2) is 18.2 Å². The monoisotopic (exact) mass is 263 g/mol.